The van der Waals surface area contributed by atoms with Gasteiger partial charge in [-0.05, 0) is 25.7 Å². The number of nitrogens with zero attached hydrogens (tertiary/aromatic N) is 7. The number of aromatic nitrogens is 6. The van der Waals surface area contributed by atoms with Crippen LogP contribution in [0.2, 0.25) is 0 Å². The normalized spacial score (nSPS) is 24.4. The fourth-order valence-corrected chi connectivity index (χ4v) is 4.08. The largest absolute Gasteiger partial charge is 0.354 e. The number of carbonyl (C=O) groups is 1. The number of hydrogen-bond acceptors (Lipinski definition) is 6. The van der Waals surface area contributed by atoms with Gasteiger partial charge in [0.25, 0.3) is 0 Å². The molecule has 2 aromatic heterocycles. The Balaban J connectivity index is 1.30. The van der Waals surface area contributed by atoms with Gasteiger partial charge in [-0.15, -0.1) is 20.4 Å². The number of carbonyl (C=O) groups excluding carboxylic acids is 1. The molecule has 1 aliphatic carbocycles. The molecule has 2 aromatic rings. The van der Waals surface area contributed by atoms with Crippen molar-refractivity contribution in [3.05, 3.63) is 24.3 Å². The molecule has 0 atom stereocenters. The minimum absolute atomic E-state index is 0.0435. The van der Waals surface area contributed by atoms with E-state index < -0.39 is 0 Å². The molecule has 0 radical (unpaired) electrons. The van der Waals surface area contributed by atoms with Gasteiger partial charge in [-0.25, -0.2) is 0 Å². The lowest BCUT2D eigenvalue weighted by atomic mass is 9.79. The van der Waals surface area contributed by atoms with E-state index in [1.54, 1.807) is 6.92 Å². The van der Waals surface area contributed by atoms with Gasteiger partial charge in [0.15, 0.2) is 0 Å². The van der Waals surface area contributed by atoms with Crippen LogP contribution in [0.5, 0.6) is 0 Å². The average Bonchev–Trinajstić information content (AvgIpc) is 3.23. The van der Waals surface area contributed by atoms with Crippen LogP contribution in [0.15, 0.2) is 12.7 Å². The fourth-order valence-electron chi connectivity index (χ4n) is 4.08. The molecule has 0 unspecified atom stereocenters. The Labute approximate surface area is 152 Å². The van der Waals surface area contributed by atoms with E-state index in [9.17, 15) is 4.79 Å². The van der Waals surface area contributed by atoms with Crippen LogP contribution in [-0.4, -0.2) is 59.5 Å². The molecule has 26 heavy (non-hydrogen) atoms. The molecule has 9 nitrogen and oxygen atoms in total. The predicted molar refractivity (Wildman–Crippen MR) is 94.2 cm³/mol. The Kier molecular flexibility index (Phi) is 4.71. The molecular formula is C17H26N8O. The summed E-state index contributed by atoms with van der Waals surface area (Å²) in [5.74, 6) is 2.51. The number of piperidine rings is 1. The molecule has 1 amide bonds. The summed E-state index contributed by atoms with van der Waals surface area (Å²) in [4.78, 5) is 13.6. The van der Waals surface area contributed by atoms with Crippen molar-refractivity contribution in [3.8, 4) is 0 Å². The van der Waals surface area contributed by atoms with Crippen molar-refractivity contribution in [3.63, 3.8) is 0 Å². The monoisotopic (exact) mass is 358 g/mol. The highest BCUT2D eigenvalue weighted by Crippen LogP contribution is 2.36. The van der Waals surface area contributed by atoms with Gasteiger partial charge in [0.1, 0.15) is 24.3 Å². The molecule has 0 aromatic carbocycles. The van der Waals surface area contributed by atoms with Gasteiger partial charge >= 0.3 is 0 Å². The van der Waals surface area contributed by atoms with Crippen LogP contribution in [0.4, 0.5) is 0 Å². The first kappa shape index (κ1) is 17.1. The maximum Gasteiger partial charge on any atom is 0.217 e. The molecule has 1 N–H and O–H groups in total. The number of nitrogens with one attached hydrogen (secondary N) is 1. The van der Waals surface area contributed by atoms with Gasteiger partial charge in [0.05, 0.1) is 6.54 Å². The second-order valence-electron chi connectivity index (χ2n) is 7.52. The van der Waals surface area contributed by atoms with E-state index >= 15 is 0 Å². The first-order chi connectivity index (χ1) is 12.6. The Morgan fingerprint density at radius 3 is 2.54 bits per heavy atom. The number of amides is 1. The van der Waals surface area contributed by atoms with Gasteiger partial charge in [0, 0.05) is 45.1 Å². The number of likely N-dealkylation sites (tertiary alicyclic amines) is 1. The third-order valence-electron chi connectivity index (χ3n) is 5.69. The van der Waals surface area contributed by atoms with E-state index in [0.29, 0.717) is 12.0 Å². The van der Waals surface area contributed by atoms with Crippen molar-refractivity contribution in [2.75, 3.05) is 13.1 Å². The van der Waals surface area contributed by atoms with Crippen molar-refractivity contribution in [2.24, 2.45) is 7.05 Å². The zero-order chi connectivity index (χ0) is 18.1. The SMILES string of the molecule is CC(=O)NC1CC(c2nnc(CN3CCC(n4cnnc4)CC3)n2C)C1. The summed E-state index contributed by atoms with van der Waals surface area (Å²) in [6.07, 6.45) is 7.73. The van der Waals surface area contributed by atoms with Gasteiger partial charge in [-0.2, -0.15) is 0 Å². The second-order valence-corrected chi connectivity index (χ2v) is 7.52. The zero-order valence-electron chi connectivity index (χ0n) is 15.4. The molecule has 4 rings (SSSR count). The van der Waals surface area contributed by atoms with Gasteiger partial charge in [0.2, 0.25) is 5.91 Å². The molecule has 1 saturated heterocycles. The third kappa shape index (κ3) is 3.48. The van der Waals surface area contributed by atoms with E-state index in [4.69, 9.17) is 0 Å². The van der Waals surface area contributed by atoms with E-state index in [1.807, 2.05) is 12.7 Å². The quantitative estimate of drug-likeness (QED) is 0.842. The Morgan fingerprint density at radius 2 is 1.88 bits per heavy atom. The average molecular weight is 358 g/mol. The van der Waals surface area contributed by atoms with Crippen molar-refractivity contribution in [1.82, 2.24) is 39.7 Å². The van der Waals surface area contributed by atoms with E-state index in [1.165, 1.54) is 0 Å². The highest BCUT2D eigenvalue weighted by molar-refractivity contribution is 5.73. The maximum atomic E-state index is 11.1. The van der Waals surface area contributed by atoms with Crippen molar-refractivity contribution < 1.29 is 4.79 Å². The van der Waals surface area contributed by atoms with Crippen LogP contribution in [0.1, 0.15) is 56.2 Å². The van der Waals surface area contributed by atoms with E-state index in [-0.39, 0.29) is 11.9 Å². The molecule has 0 bridgehead atoms. The summed E-state index contributed by atoms with van der Waals surface area (Å²) < 4.78 is 4.25. The van der Waals surface area contributed by atoms with Crippen molar-refractivity contribution in [1.29, 1.82) is 0 Å². The van der Waals surface area contributed by atoms with Gasteiger partial charge < -0.3 is 14.5 Å². The number of rotatable bonds is 5. The molecule has 1 saturated carbocycles. The summed E-state index contributed by atoms with van der Waals surface area (Å²) in [5.41, 5.74) is 0. The first-order valence-corrected chi connectivity index (χ1v) is 9.32. The maximum absolute atomic E-state index is 11.1. The molecule has 3 heterocycles. The van der Waals surface area contributed by atoms with Gasteiger partial charge in [-0.1, -0.05) is 0 Å². The lowest BCUT2D eigenvalue weighted by molar-refractivity contribution is -0.120. The highest BCUT2D eigenvalue weighted by atomic mass is 16.1. The van der Waals surface area contributed by atoms with E-state index in [2.05, 4.69) is 46.8 Å². The van der Waals surface area contributed by atoms with E-state index in [0.717, 1.165) is 57.0 Å². The van der Waals surface area contributed by atoms with Crippen LogP contribution in [0.3, 0.4) is 0 Å². The summed E-state index contributed by atoms with van der Waals surface area (Å²) in [7, 11) is 2.06. The summed E-state index contributed by atoms with van der Waals surface area (Å²) in [6.45, 7) is 4.48. The molecule has 140 valence electrons. The lowest BCUT2D eigenvalue weighted by Crippen LogP contribution is -2.43. The lowest BCUT2D eigenvalue weighted by Gasteiger charge is -2.35. The molecular weight excluding hydrogens is 332 g/mol. The van der Waals surface area contributed by atoms with Crippen LogP contribution >= 0.6 is 0 Å². The van der Waals surface area contributed by atoms with Crippen LogP contribution in [-0.2, 0) is 18.4 Å². The summed E-state index contributed by atoms with van der Waals surface area (Å²) in [5, 5.41) is 19.6. The first-order valence-electron chi connectivity index (χ1n) is 9.32. The predicted octanol–water partition coefficient (Wildman–Crippen LogP) is 0.626. The Hall–Kier alpha value is -2.29. The highest BCUT2D eigenvalue weighted by Gasteiger charge is 2.34. The van der Waals surface area contributed by atoms with Crippen molar-refractivity contribution >= 4 is 5.91 Å². The van der Waals surface area contributed by atoms with Crippen LogP contribution in [0.25, 0.3) is 0 Å². The summed E-state index contributed by atoms with van der Waals surface area (Å²) >= 11 is 0. The Morgan fingerprint density at radius 1 is 1.19 bits per heavy atom. The minimum Gasteiger partial charge on any atom is -0.354 e. The molecule has 1 aliphatic heterocycles. The topological polar surface area (TPSA) is 93.8 Å². The standard InChI is InChI=1S/C17H26N8O/c1-12(26)20-14-7-13(8-14)17-22-21-16(23(17)2)9-24-5-3-15(4-6-24)25-10-18-19-11-25/h10-11,13-15H,3-9H2,1-2H3,(H,20,26). The second kappa shape index (κ2) is 7.14. The van der Waals surface area contributed by atoms with Crippen molar-refractivity contribution in [2.45, 2.75) is 57.2 Å². The molecule has 9 heteroatoms. The molecule has 2 aliphatic rings. The van der Waals surface area contributed by atoms with Crippen LogP contribution in [0, 0.1) is 0 Å². The smallest absolute Gasteiger partial charge is 0.217 e. The Bertz CT molecular complexity index is 741. The van der Waals surface area contributed by atoms with Crippen LogP contribution < -0.4 is 5.32 Å². The minimum atomic E-state index is 0.0435. The molecule has 2 fully saturated rings. The molecule has 0 spiro atoms. The van der Waals surface area contributed by atoms with Gasteiger partial charge in [-0.3, -0.25) is 9.69 Å². The third-order valence-corrected chi connectivity index (χ3v) is 5.69. The number of hydrogen-bond donors (Lipinski definition) is 1. The summed E-state index contributed by atoms with van der Waals surface area (Å²) in [6, 6.07) is 0.784. The fraction of sp³-hybridized carbons (Fsp3) is 0.706. The zero-order valence-corrected chi connectivity index (χ0v) is 15.4.